The van der Waals surface area contributed by atoms with E-state index in [-0.39, 0.29) is 11.8 Å². The molecule has 1 unspecified atom stereocenters. The maximum atomic E-state index is 12.7. The van der Waals surface area contributed by atoms with Crippen LogP contribution in [0.4, 0.5) is 10.1 Å². The maximum Gasteiger partial charge on any atom is 0.321 e. The Hall–Kier alpha value is -1.10. The molecule has 1 aromatic carbocycles. The van der Waals surface area contributed by atoms with Crippen molar-refractivity contribution in [1.82, 2.24) is 0 Å². The van der Waals surface area contributed by atoms with Crippen molar-refractivity contribution >= 4 is 27.6 Å². The Morgan fingerprint density at radius 2 is 2.06 bits per heavy atom. The van der Waals surface area contributed by atoms with E-state index in [9.17, 15) is 9.18 Å². The highest BCUT2D eigenvalue weighted by molar-refractivity contribution is 9.10. The predicted molar refractivity (Wildman–Crippen MR) is 64.4 cm³/mol. The molecule has 0 saturated heterocycles. The lowest BCUT2D eigenvalue weighted by molar-refractivity contribution is -0.139. The summed E-state index contributed by atoms with van der Waals surface area (Å²) < 4.78 is 17.3. The van der Waals surface area contributed by atoms with Gasteiger partial charge in [-0.1, -0.05) is 15.9 Å². The van der Waals surface area contributed by atoms with Crippen molar-refractivity contribution in [3.8, 4) is 0 Å². The monoisotopic (exact) mass is 289 g/mol. The van der Waals surface area contributed by atoms with Crippen molar-refractivity contribution in [2.45, 2.75) is 4.83 Å². The molecule has 0 bridgehead atoms. The molecule has 0 saturated carbocycles. The second-order valence-corrected chi connectivity index (χ2v) is 4.45. The molecule has 0 aliphatic heterocycles. The molecule has 0 aliphatic rings. The van der Waals surface area contributed by atoms with Gasteiger partial charge < -0.3 is 9.64 Å². The summed E-state index contributed by atoms with van der Waals surface area (Å²) >= 11 is 3.23. The number of hydrogen-bond acceptors (Lipinski definition) is 3. The summed E-state index contributed by atoms with van der Waals surface area (Å²) in [6.07, 6.45) is 0. The van der Waals surface area contributed by atoms with Crippen molar-refractivity contribution in [2.75, 3.05) is 25.6 Å². The SMILES string of the molecule is COC(=O)C(Br)CN(C)c1ccc(F)cc1. The number of benzene rings is 1. The average Bonchev–Trinajstić information content (AvgIpc) is 2.28. The normalized spacial score (nSPS) is 12.0. The van der Waals surface area contributed by atoms with Gasteiger partial charge in [-0.25, -0.2) is 4.39 Å². The van der Waals surface area contributed by atoms with E-state index in [0.29, 0.717) is 6.54 Å². The zero-order valence-corrected chi connectivity index (χ0v) is 10.7. The smallest absolute Gasteiger partial charge is 0.321 e. The standard InChI is InChI=1S/C11H13BrFNO2/c1-14(7-10(12)11(15)16-2)9-5-3-8(13)4-6-9/h3-6,10H,7H2,1-2H3. The van der Waals surface area contributed by atoms with Gasteiger partial charge >= 0.3 is 5.97 Å². The summed E-state index contributed by atoms with van der Waals surface area (Å²) in [5.74, 6) is -0.602. The van der Waals surface area contributed by atoms with Crippen LogP contribution in [0.5, 0.6) is 0 Å². The summed E-state index contributed by atoms with van der Waals surface area (Å²) in [6.45, 7) is 0.457. The van der Waals surface area contributed by atoms with E-state index in [4.69, 9.17) is 0 Å². The van der Waals surface area contributed by atoms with Crippen LogP contribution in [0.25, 0.3) is 0 Å². The van der Waals surface area contributed by atoms with E-state index in [1.54, 1.807) is 12.1 Å². The third kappa shape index (κ3) is 3.48. The first-order chi connectivity index (χ1) is 7.54. The van der Waals surface area contributed by atoms with Crippen molar-refractivity contribution in [2.24, 2.45) is 0 Å². The highest BCUT2D eigenvalue weighted by Crippen LogP contribution is 2.15. The van der Waals surface area contributed by atoms with Gasteiger partial charge in [0.05, 0.1) is 7.11 Å². The van der Waals surface area contributed by atoms with E-state index in [1.165, 1.54) is 19.2 Å². The molecule has 1 rings (SSSR count). The van der Waals surface area contributed by atoms with E-state index in [2.05, 4.69) is 20.7 Å². The van der Waals surface area contributed by atoms with Crippen molar-refractivity contribution in [3.63, 3.8) is 0 Å². The number of alkyl halides is 1. The molecule has 0 aromatic heterocycles. The molecule has 16 heavy (non-hydrogen) atoms. The Kier molecular flexibility index (Phi) is 4.73. The van der Waals surface area contributed by atoms with Crippen LogP contribution < -0.4 is 4.90 Å². The van der Waals surface area contributed by atoms with Crippen LogP contribution in [0.1, 0.15) is 0 Å². The van der Waals surface area contributed by atoms with E-state index < -0.39 is 4.83 Å². The van der Waals surface area contributed by atoms with Gasteiger partial charge in [-0.2, -0.15) is 0 Å². The summed E-state index contributed by atoms with van der Waals surface area (Å²) in [5, 5.41) is 0. The summed E-state index contributed by atoms with van der Waals surface area (Å²) in [4.78, 5) is 12.6. The first-order valence-corrected chi connectivity index (χ1v) is 5.64. The van der Waals surface area contributed by atoms with E-state index in [1.807, 2.05) is 11.9 Å². The fraction of sp³-hybridized carbons (Fsp3) is 0.364. The summed E-state index contributed by atoms with van der Waals surface area (Å²) in [5.41, 5.74) is 0.842. The largest absolute Gasteiger partial charge is 0.468 e. The van der Waals surface area contributed by atoms with Crippen LogP contribution >= 0.6 is 15.9 Å². The van der Waals surface area contributed by atoms with Crippen LogP contribution in [-0.4, -0.2) is 31.5 Å². The highest BCUT2D eigenvalue weighted by Gasteiger charge is 2.17. The molecule has 0 N–H and O–H groups in total. The number of anilines is 1. The van der Waals surface area contributed by atoms with Crippen LogP contribution in [0.15, 0.2) is 24.3 Å². The van der Waals surface area contributed by atoms with Gasteiger partial charge in [-0.3, -0.25) is 4.79 Å². The minimum Gasteiger partial charge on any atom is -0.468 e. The lowest BCUT2D eigenvalue weighted by Crippen LogP contribution is -2.31. The molecule has 3 nitrogen and oxygen atoms in total. The number of carbonyl (C=O) groups excluding carboxylic acids is 1. The van der Waals surface area contributed by atoms with Gasteiger partial charge in [0.25, 0.3) is 0 Å². The van der Waals surface area contributed by atoms with E-state index >= 15 is 0 Å². The van der Waals surface area contributed by atoms with Gasteiger partial charge in [0.2, 0.25) is 0 Å². The number of carbonyl (C=O) groups is 1. The van der Waals surface area contributed by atoms with Crippen molar-refractivity contribution in [3.05, 3.63) is 30.1 Å². The second kappa shape index (κ2) is 5.84. The van der Waals surface area contributed by atoms with Crippen molar-refractivity contribution < 1.29 is 13.9 Å². The van der Waals surface area contributed by atoms with Gasteiger partial charge in [0.1, 0.15) is 10.6 Å². The molecule has 0 aliphatic carbocycles. The van der Waals surface area contributed by atoms with Crippen LogP contribution in [0.2, 0.25) is 0 Å². The molecular formula is C11H13BrFNO2. The topological polar surface area (TPSA) is 29.5 Å². The number of rotatable bonds is 4. The third-order valence-electron chi connectivity index (χ3n) is 2.16. The highest BCUT2D eigenvalue weighted by atomic mass is 79.9. The van der Waals surface area contributed by atoms with Crippen molar-refractivity contribution in [1.29, 1.82) is 0 Å². The summed E-state index contributed by atoms with van der Waals surface area (Å²) in [7, 11) is 3.17. The van der Waals surface area contributed by atoms with E-state index in [0.717, 1.165) is 5.69 Å². The molecule has 5 heteroatoms. The Morgan fingerprint density at radius 1 is 1.50 bits per heavy atom. The number of hydrogen-bond donors (Lipinski definition) is 0. The second-order valence-electron chi connectivity index (χ2n) is 3.35. The number of nitrogens with zero attached hydrogens (tertiary/aromatic N) is 1. The summed E-state index contributed by atoms with van der Waals surface area (Å²) in [6, 6.07) is 6.08. The Morgan fingerprint density at radius 3 is 2.56 bits per heavy atom. The molecule has 0 fully saturated rings. The molecule has 0 amide bonds. The molecule has 1 atom stereocenters. The third-order valence-corrected chi connectivity index (χ3v) is 2.82. The maximum absolute atomic E-state index is 12.7. The first kappa shape index (κ1) is 13.0. The van der Waals surface area contributed by atoms with Gasteiger partial charge in [-0.05, 0) is 24.3 Å². The number of methoxy groups -OCH3 is 1. The minimum absolute atomic E-state index is 0.277. The fourth-order valence-corrected chi connectivity index (χ4v) is 1.87. The van der Waals surface area contributed by atoms with Gasteiger partial charge in [0, 0.05) is 19.3 Å². The number of esters is 1. The van der Waals surface area contributed by atoms with Gasteiger partial charge in [0.15, 0.2) is 0 Å². The van der Waals surface area contributed by atoms with Gasteiger partial charge in [-0.15, -0.1) is 0 Å². The molecule has 88 valence electrons. The Balaban J connectivity index is 2.61. The number of ether oxygens (including phenoxy) is 1. The Bertz CT molecular complexity index is 356. The Labute approximate surface area is 102 Å². The average molecular weight is 290 g/mol. The fourth-order valence-electron chi connectivity index (χ4n) is 1.24. The first-order valence-electron chi connectivity index (χ1n) is 4.73. The minimum atomic E-state index is -0.396. The predicted octanol–water partition coefficient (Wildman–Crippen LogP) is 2.20. The van der Waals surface area contributed by atoms with Crippen LogP contribution in [0.3, 0.4) is 0 Å². The lowest BCUT2D eigenvalue weighted by Gasteiger charge is -2.21. The molecule has 0 heterocycles. The molecule has 1 aromatic rings. The lowest BCUT2D eigenvalue weighted by atomic mass is 10.3. The molecule has 0 spiro atoms. The zero-order chi connectivity index (χ0) is 12.1. The molecule has 0 radical (unpaired) electrons. The van der Waals surface area contributed by atoms with Crippen LogP contribution in [0, 0.1) is 5.82 Å². The zero-order valence-electron chi connectivity index (χ0n) is 9.11. The van der Waals surface area contributed by atoms with Crippen LogP contribution in [-0.2, 0) is 9.53 Å². The quantitative estimate of drug-likeness (QED) is 0.629. The number of halogens is 2. The molecular weight excluding hydrogens is 277 g/mol.